The molecule has 1 saturated heterocycles. The highest BCUT2D eigenvalue weighted by atomic mass is 19.3. The van der Waals surface area contributed by atoms with Crippen LogP contribution in [-0.2, 0) is 9.47 Å². The van der Waals surface area contributed by atoms with Crippen molar-refractivity contribution in [3.05, 3.63) is 42.2 Å². The first-order chi connectivity index (χ1) is 17.0. The first-order valence-corrected chi connectivity index (χ1v) is 11.5. The predicted octanol–water partition coefficient (Wildman–Crippen LogP) is 4.39. The van der Waals surface area contributed by atoms with Gasteiger partial charge in [0.15, 0.2) is 5.78 Å². The van der Waals surface area contributed by atoms with Gasteiger partial charge in [-0.15, -0.1) is 0 Å². The van der Waals surface area contributed by atoms with Crippen LogP contribution in [0, 0.1) is 5.92 Å². The molecule has 3 aromatic rings. The van der Waals surface area contributed by atoms with Crippen molar-refractivity contribution in [1.29, 1.82) is 0 Å². The smallest absolute Gasteiger partial charge is 0.387 e. The van der Waals surface area contributed by atoms with Gasteiger partial charge in [-0.25, -0.2) is 4.98 Å². The van der Waals surface area contributed by atoms with Crippen LogP contribution in [0.15, 0.2) is 36.7 Å². The minimum Gasteiger partial charge on any atom is -0.496 e. The van der Waals surface area contributed by atoms with Gasteiger partial charge in [0, 0.05) is 24.2 Å². The average Bonchev–Trinajstić information content (AvgIpc) is 3.57. The van der Waals surface area contributed by atoms with Crippen LogP contribution in [0.4, 0.5) is 8.78 Å². The molecule has 0 bridgehead atoms. The summed E-state index contributed by atoms with van der Waals surface area (Å²) in [6.07, 6.45) is 5.47. The Kier molecular flexibility index (Phi) is 6.83. The van der Waals surface area contributed by atoms with Gasteiger partial charge >= 0.3 is 6.61 Å². The molecule has 3 heterocycles. The van der Waals surface area contributed by atoms with E-state index in [-0.39, 0.29) is 35.4 Å². The third-order valence-electron chi connectivity index (χ3n) is 6.05. The first-order valence-electron chi connectivity index (χ1n) is 11.5. The van der Waals surface area contributed by atoms with Crippen molar-refractivity contribution in [3.63, 3.8) is 0 Å². The highest BCUT2D eigenvalue weighted by Crippen LogP contribution is 2.40. The van der Waals surface area contributed by atoms with Crippen LogP contribution in [0.25, 0.3) is 16.9 Å². The molecule has 2 fully saturated rings. The van der Waals surface area contributed by atoms with Crippen LogP contribution < -0.4 is 14.2 Å². The van der Waals surface area contributed by atoms with Gasteiger partial charge in [-0.1, -0.05) is 0 Å². The lowest BCUT2D eigenvalue weighted by atomic mass is 10.00. The number of carbonyl (C=O) groups excluding carboxylic acids is 1. The molecule has 10 heteroatoms. The molecule has 1 saturated carbocycles. The van der Waals surface area contributed by atoms with Crippen LogP contribution in [0.1, 0.15) is 29.6 Å². The molecule has 1 aliphatic heterocycles. The van der Waals surface area contributed by atoms with E-state index in [0.717, 1.165) is 12.8 Å². The maximum absolute atomic E-state index is 13.2. The zero-order valence-electron chi connectivity index (χ0n) is 19.2. The molecule has 1 aliphatic carbocycles. The summed E-state index contributed by atoms with van der Waals surface area (Å²) in [5.41, 5.74) is 1.79. The number of alkyl halides is 2. The van der Waals surface area contributed by atoms with Crippen molar-refractivity contribution in [2.75, 3.05) is 33.5 Å². The minimum atomic E-state index is -3.08. The van der Waals surface area contributed by atoms with E-state index in [2.05, 4.69) is 4.98 Å². The second-order valence-corrected chi connectivity index (χ2v) is 8.61. The number of Topliss-reactive ketones (excluding diaryl/α,β-unsaturated/α-hetero) is 1. The molecule has 0 radical (unpaired) electrons. The number of halogens is 2. The Morgan fingerprint density at radius 2 is 2.06 bits per heavy atom. The summed E-state index contributed by atoms with van der Waals surface area (Å²) in [5, 5.41) is 0. The number of pyridine rings is 1. The van der Waals surface area contributed by atoms with E-state index in [1.165, 1.54) is 13.2 Å². The SMILES string of the molecule is COc1cc(-c2cnc3cc(OCC4COCCO4)ccn23)cc(OC(F)F)c1C(=O)CC1CC1. The van der Waals surface area contributed by atoms with E-state index in [4.69, 9.17) is 23.7 Å². The van der Waals surface area contributed by atoms with Crippen molar-refractivity contribution in [2.24, 2.45) is 5.92 Å². The van der Waals surface area contributed by atoms with Gasteiger partial charge in [0.05, 0.1) is 38.8 Å². The number of nitrogens with zero attached hydrogens (tertiary/aromatic N) is 2. The fourth-order valence-electron chi connectivity index (χ4n) is 4.14. The van der Waals surface area contributed by atoms with Gasteiger partial charge in [-0.05, 0) is 37.0 Å². The molecular formula is C25H26F2N2O6. The molecule has 2 aliphatic rings. The number of fused-ring (bicyclic) bond motifs is 1. The summed E-state index contributed by atoms with van der Waals surface area (Å²) in [6, 6.07) is 6.63. The Bertz CT molecular complexity index is 1200. The zero-order valence-corrected chi connectivity index (χ0v) is 19.2. The molecule has 5 rings (SSSR count). The lowest BCUT2D eigenvalue weighted by Crippen LogP contribution is -2.33. The van der Waals surface area contributed by atoms with Gasteiger partial charge in [0.1, 0.15) is 41.2 Å². The number of ether oxygens (including phenoxy) is 5. The molecular weight excluding hydrogens is 462 g/mol. The van der Waals surface area contributed by atoms with Crippen LogP contribution in [0.2, 0.25) is 0 Å². The minimum absolute atomic E-state index is 0.0434. The average molecular weight is 488 g/mol. The summed E-state index contributed by atoms with van der Waals surface area (Å²) in [7, 11) is 1.40. The summed E-state index contributed by atoms with van der Waals surface area (Å²) in [6.45, 7) is -1.11. The van der Waals surface area contributed by atoms with E-state index in [1.54, 1.807) is 35.0 Å². The Morgan fingerprint density at radius 3 is 2.77 bits per heavy atom. The van der Waals surface area contributed by atoms with Crippen LogP contribution in [0.3, 0.4) is 0 Å². The van der Waals surface area contributed by atoms with Gasteiger partial charge in [0.25, 0.3) is 0 Å². The van der Waals surface area contributed by atoms with Crippen molar-refractivity contribution in [1.82, 2.24) is 9.38 Å². The molecule has 1 aromatic carbocycles. The Morgan fingerprint density at radius 1 is 1.23 bits per heavy atom. The van der Waals surface area contributed by atoms with Crippen molar-refractivity contribution in [2.45, 2.75) is 32.0 Å². The fourth-order valence-corrected chi connectivity index (χ4v) is 4.14. The summed E-state index contributed by atoms with van der Waals surface area (Å²) in [4.78, 5) is 17.3. The topological polar surface area (TPSA) is 80.5 Å². The number of methoxy groups -OCH3 is 1. The van der Waals surface area contributed by atoms with Crippen LogP contribution in [-0.4, -0.2) is 61.4 Å². The standard InChI is InChI=1S/C25H26F2N2O6/c1-31-21-9-16(10-22(35-25(26)27)24(21)20(30)8-15-2-3-15)19-12-28-23-11-17(4-5-29(19)23)34-14-18-13-32-6-7-33-18/h4-5,9-12,15,18,25H,2-3,6-8,13-14H2,1H3. The van der Waals surface area contributed by atoms with E-state index in [9.17, 15) is 13.6 Å². The van der Waals surface area contributed by atoms with Crippen LogP contribution >= 0.6 is 0 Å². The number of aromatic nitrogens is 2. The second kappa shape index (κ2) is 10.2. The predicted molar refractivity (Wildman–Crippen MR) is 122 cm³/mol. The highest BCUT2D eigenvalue weighted by molar-refractivity contribution is 6.02. The van der Waals surface area contributed by atoms with Crippen molar-refractivity contribution >= 4 is 11.4 Å². The van der Waals surface area contributed by atoms with E-state index in [0.29, 0.717) is 55.0 Å². The van der Waals surface area contributed by atoms with Crippen molar-refractivity contribution in [3.8, 4) is 28.5 Å². The number of carbonyl (C=O) groups is 1. The zero-order chi connectivity index (χ0) is 24.4. The summed E-state index contributed by atoms with van der Waals surface area (Å²) < 4.78 is 55.2. The third-order valence-corrected chi connectivity index (χ3v) is 6.05. The Labute approximate surface area is 200 Å². The number of benzene rings is 1. The monoisotopic (exact) mass is 488 g/mol. The van der Waals surface area contributed by atoms with Gasteiger partial charge in [-0.3, -0.25) is 9.20 Å². The lowest BCUT2D eigenvalue weighted by molar-refractivity contribution is -0.101. The summed E-state index contributed by atoms with van der Waals surface area (Å²) in [5.74, 6) is 0.625. The van der Waals surface area contributed by atoms with Gasteiger partial charge in [-0.2, -0.15) is 8.78 Å². The van der Waals surface area contributed by atoms with E-state index < -0.39 is 6.61 Å². The first kappa shape index (κ1) is 23.5. The van der Waals surface area contributed by atoms with Gasteiger partial charge in [0.2, 0.25) is 0 Å². The molecule has 186 valence electrons. The molecule has 0 amide bonds. The molecule has 0 N–H and O–H groups in total. The number of hydrogen-bond donors (Lipinski definition) is 0. The second-order valence-electron chi connectivity index (χ2n) is 8.61. The number of imidazole rings is 1. The molecule has 35 heavy (non-hydrogen) atoms. The van der Waals surface area contributed by atoms with E-state index in [1.807, 2.05) is 0 Å². The fraction of sp³-hybridized carbons (Fsp3) is 0.440. The maximum Gasteiger partial charge on any atom is 0.387 e. The quantitative estimate of drug-likeness (QED) is 0.392. The number of hydrogen-bond acceptors (Lipinski definition) is 7. The third kappa shape index (κ3) is 5.38. The molecule has 1 atom stereocenters. The largest absolute Gasteiger partial charge is 0.496 e. The Hall–Kier alpha value is -3.24. The maximum atomic E-state index is 13.2. The molecule has 8 nitrogen and oxygen atoms in total. The van der Waals surface area contributed by atoms with Crippen LogP contribution in [0.5, 0.6) is 17.2 Å². The van der Waals surface area contributed by atoms with E-state index >= 15 is 0 Å². The Balaban J connectivity index is 1.44. The molecule has 2 aromatic heterocycles. The summed E-state index contributed by atoms with van der Waals surface area (Å²) >= 11 is 0. The normalized spacial score (nSPS) is 18.1. The number of rotatable bonds is 10. The molecule has 0 spiro atoms. The van der Waals surface area contributed by atoms with Gasteiger partial charge < -0.3 is 23.7 Å². The van der Waals surface area contributed by atoms with Crippen molar-refractivity contribution < 1.29 is 37.3 Å². The highest BCUT2D eigenvalue weighted by Gasteiger charge is 2.30. The lowest BCUT2D eigenvalue weighted by Gasteiger charge is -2.22. The number of ketones is 1. The molecule has 1 unspecified atom stereocenters.